The van der Waals surface area contributed by atoms with E-state index in [0.29, 0.717) is 24.5 Å². The predicted molar refractivity (Wildman–Crippen MR) is 136 cm³/mol. The zero-order valence-electron chi connectivity index (χ0n) is 20.0. The number of hydrogen-bond donors (Lipinski definition) is 1. The van der Waals surface area contributed by atoms with Gasteiger partial charge in [-0.2, -0.15) is 5.10 Å². The highest BCUT2D eigenvalue weighted by molar-refractivity contribution is 5.98. The van der Waals surface area contributed by atoms with Crippen LogP contribution >= 0.6 is 0 Å². The summed E-state index contributed by atoms with van der Waals surface area (Å²) in [6, 6.07) is 19.6. The summed E-state index contributed by atoms with van der Waals surface area (Å²) in [4.78, 5) is 28.6. The topological polar surface area (TPSA) is 72.2 Å². The number of carbonyl (C=O) groups excluding carboxylic acids is 2. The molecule has 2 aromatic carbocycles. The molecule has 1 unspecified atom stereocenters. The third-order valence-corrected chi connectivity index (χ3v) is 6.54. The molecule has 1 atom stereocenters. The van der Waals surface area contributed by atoms with E-state index >= 15 is 0 Å². The normalized spacial score (nSPS) is 15.7. The van der Waals surface area contributed by atoms with Crippen LogP contribution in [-0.4, -0.2) is 44.2 Å². The molecule has 7 heteroatoms. The Kier molecular flexibility index (Phi) is 6.23. The minimum Gasteiger partial charge on any atom is -0.338 e. The van der Waals surface area contributed by atoms with E-state index in [1.165, 1.54) is 0 Å². The number of piperidine rings is 1. The van der Waals surface area contributed by atoms with Gasteiger partial charge in [0, 0.05) is 31.2 Å². The molecule has 35 heavy (non-hydrogen) atoms. The largest absolute Gasteiger partial charge is 0.338 e. The lowest BCUT2D eigenvalue weighted by molar-refractivity contribution is -0.121. The fourth-order valence-electron chi connectivity index (χ4n) is 4.71. The predicted octanol–water partition coefficient (Wildman–Crippen LogP) is 4.77. The van der Waals surface area contributed by atoms with Crippen molar-refractivity contribution in [2.24, 2.45) is 5.92 Å². The lowest BCUT2D eigenvalue weighted by Gasteiger charge is -2.32. The molecule has 178 valence electrons. The van der Waals surface area contributed by atoms with Crippen molar-refractivity contribution < 1.29 is 9.59 Å². The molecule has 1 fully saturated rings. The van der Waals surface area contributed by atoms with E-state index in [4.69, 9.17) is 0 Å². The number of benzene rings is 2. The number of aryl methyl sites for hydroxylation is 2. The van der Waals surface area contributed by atoms with E-state index in [-0.39, 0.29) is 17.7 Å². The summed E-state index contributed by atoms with van der Waals surface area (Å²) in [5, 5.41) is 7.62. The number of likely N-dealkylation sites (tertiary alicyclic amines) is 1. The van der Waals surface area contributed by atoms with Crippen LogP contribution in [0.25, 0.3) is 11.5 Å². The monoisotopic (exact) mass is 467 g/mol. The molecule has 1 aliphatic heterocycles. The van der Waals surface area contributed by atoms with E-state index in [1.807, 2.05) is 85.4 Å². The van der Waals surface area contributed by atoms with Gasteiger partial charge in [0.05, 0.1) is 17.8 Å². The Hall–Kier alpha value is -4.13. The average molecular weight is 468 g/mol. The molecule has 5 rings (SSSR count). The van der Waals surface area contributed by atoms with Crippen LogP contribution in [0.5, 0.6) is 0 Å². The van der Waals surface area contributed by atoms with Gasteiger partial charge in [0.1, 0.15) is 5.56 Å². The smallest absolute Gasteiger partial charge is 0.259 e. The number of hydrogen-bond acceptors (Lipinski definition) is 3. The molecule has 4 aromatic rings. The van der Waals surface area contributed by atoms with Gasteiger partial charge in [0.15, 0.2) is 5.82 Å². The van der Waals surface area contributed by atoms with E-state index in [9.17, 15) is 9.59 Å². The van der Waals surface area contributed by atoms with Gasteiger partial charge in [-0.25, -0.2) is 4.68 Å². The lowest BCUT2D eigenvalue weighted by Crippen LogP contribution is -2.44. The second-order valence-electron chi connectivity index (χ2n) is 9.12. The van der Waals surface area contributed by atoms with Crippen molar-refractivity contribution >= 4 is 17.5 Å². The van der Waals surface area contributed by atoms with Gasteiger partial charge >= 0.3 is 0 Å². The summed E-state index contributed by atoms with van der Waals surface area (Å²) in [7, 11) is 0. The molecule has 3 heterocycles. The maximum absolute atomic E-state index is 13.7. The van der Waals surface area contributed by atoms with Gasteiger partial charge in [-0.15, -0.1) is 0 Å². The van der Waals surface area contributed by atoms with E-state index in [2.05, 4.69) is 16.5 Å². The molecule has 7 nitrogen and oxygen atoms in total. The number of rotatable bonds is 5. The van der Waals surface area contributed by atoms with Crippen LogP contribution in [0.2, 0.25) is 0 Å². The molecule has 2 amide bonds. The zero-order chi connectivity index (χ0) is 24.4. The number of carbonyl (C=O) groups is 2. The summed E-state index contributed by atoms with van der Waals surface area (Å²) in [5.74, 6) is 0.278. The van der Waals surface area contributed by atoms with Crippen molar-refractivity contribution in [3.8, 4) is 11.5 Å². The Bertz CT molecular complexity index is 1340. The summed E-state index contributed by atoms with van der Waals surface area (Å²) in [5.41, 5.74) is 4.40. The Morgan fingerprint density at radius 3 is 2.51 bits per heavy atom. The number of nitrogens with zero attached hydrogens (tertiary/aromatic N) is 4. The van der Waals surface area contributed by atoms with Gasteiger partial charge in [-0.1, -0.05) is 35.9 Å². The molecule has 0 aliphatic carbocycles. The maximum atomic E-state index is 13.7. The van der Waals surface area contributed by atoms with Crippen molar-refractivity contribution in [2.45, 2.75) is 26.7 Å². The summed E-state index contributed by atoms with van der Waals surface area (Å²) in [6.07, 6.45) is 6.98. The summed E-state index contributed by atoms with van der Waals surface area (Å²) >= 11 is 0. The van der Waals surface area contributed by atoms with Gasteiger partial charge in [0.2, 0.25) is 5.91 Å². The Morgan fingerprint density at radius 2 is 1.77 bits per heavy atom. The molecule has 0 radical (unpaired) electrons. The third kappa shape index (κ3) is 4.62. The number of nitrogens with one attached hydrogen (secondary N) is 1. The Balaban J connectivity index is 1.39. The van der Waals surface area contributed by atoms with Crippen LogP contribution in [0.15, 0.2) is 79.3 Å². The SMILES string of the molecule is Cc1ccc(NC(=O)C2CCCN(C(=O)c3cnn(-c4ccccc4)c3-n3cccc3)C2)c(C)c1. The molecule has 2 aromatic heterocycles. The highest BCUT2D eigenvalue weighted by Gasteiger charge is 2.31. The molecule has 1 saturated heterocycles. The Morgan fingerprint density at radius 1 is 1.00 bits per heavy atom. The van der Waals surface area contributed by atoms with Crippen LogP contribution in [0, 0.1) is 19.8 Å². The molecule has 0 bridgehead atoms. The minimum atomic E-state index is -0.257. The van der Waals surface area contributed by atoms with Gasteiger partial charge in [-0.05, 0) is 62.6 Å². The fourth-order valence-corrected chi connectivity index (χ4v) is 4.71. The van der Waals surface area contributed by atoms with Crippen LogP contribution in [-0.2, 0) is 4.79 Å². The quantitative estimate of drug-likeness (QED) is 0.460. The summed E-state index contributed by atoms with van der Waals surface area (Å²) < 4.78 is 3.68. The van der Waals surface area contributed by atoms with Crippen LogP contribution in [0.4, 0.5) is 5.69 Å². The van der Waals surface area contributed by atoms with Crippen molar-refractivity contribution in [1.82, 2.24) is 19.2 Å². The first kappa shape index (κ1) is 22.7. The molecule has 1 aliphatic rings. The van der Waals surface area contributed by atoms with Crippen molar-refractivity contribution in [3.63, 3.8) is 0 Å². The van der Waals surface area contributed by atoms with E-state index in [1.54, 1.807) is 15.8 Å². The van der Waals surface area contributed by atoms with Crippen molar-refractivity contribution in [2.75, 3.05) is 18.4 Å². The Labute approximate surface area is 205 Å². The first-order valence-corrected chi connectivity index (χ1v) is 12.0. The second-order valence-corrected chi connectivity index (χ2v) is 9.12. The maximum Gasteiger partial charge on any atom is 0.259 e. The van der Waals surface area contributed by atoms with Gasteiger partial charge in [0.25, 0.3) is 5.91 Å². The highest BCUT2D eigenvalue weighted by Crippen LogP contribution is 2.25. The second kappa shape index (κ2) is 9.62. The first-order valence-electron chi connectivity index (χ1n) is 12.0. The number of amides is 2. The summed E-state index contributed by atoms with van der Waals surface area (Å²) in [6.45, 7) is 5.03. The van der Waals surface area contributed by atoms with Crippen molar-refractivity contribution in [3.05, 3.63) is 95.9 Å². The zero-order valence-corrected chi connectivity index (χ0v) is 20.0. The number of aromatic nitrogens is 3. The molecule has 0 spiro atoms. The van der Waals surface area contributed by atoms with Crippen LogP contribution in [0.3, 0.4) is 0 Å². The first-order chi connectivity index (χ1) is 17.0. The van der Waals surface area contributed by atoms with Gasteiger partial charge < -0.3 is 14.8 Å². The number of anilines is 1. The molecule has 1 N–H and O–H groups in total. The van der Waals surface area contributed by atoms with Crippen LogP contribution in [0.1, 0.15) is 34.3 Å². The lowest BCUT2D eigenvalue weighted by atomic mass is 9.96. The standard InChI is InChI=1S/C28H29N5O2/c1-20-12-13-25(21(2)17-20)30-26(34)22-9-8-16-32(19-22)28(35)24-18-29-33(23-10-4-3-5-11-23)27(24)31-14-6-7-15-31/h3-7,10-15,17-18,22H,8-9,16,19H2,1-2H3,(H,30,34). The minimum absolute atomic E-state index is 0.0416. The molecule has 0 saturated carbocycles. The van der Waals surface area contributed by atoms with Crippen LogP contribution < -0.4 is 5.32 Å². The molecular weight excluding hydrogens is 438 g/mol. The van der Waals surface area contributed by atoms with E-state index < -0.39 is 0 Å². The van der Waals surface area contributed by atoms with Crippen molar-refractivity contribution in [1.29, 1.82) is 0 Å². The van der Waals surface area contributed by atoms with E-state index in [0.717, 1.165) is 35.3 Å². The third-order valence-electron chi connectivity index (χ3n) is 6.54. The average Bonchev–Trinajstić information content (AvgIpc) is 3.56. The number of para-hydroxylation sites is 1. The van der Waals surface area contributed by atoms with Gasteiger partial charge in [-0.3, -0.25) is 9.59 Å². The highest BCUT2D eigenvalue weighted by atomic mass is 16.2. The molecular formula is C28H29N5O2. The fraction of sp³-hybridized carbons (Fsp3) is 0.250.